The number of hydrogen-bond donors (Lipinski definition) is 0. The Hall–Kier alpha value is 0. The first-order valence-electron chi connectivity index (χ1n) is 11.9. The summed E-state index contributed by atoms with van der Waals surface area (Å²) < 4.78 is 0. The maximum Gasteiger partial charge on any atom is -0.0500 e. The van der Waals surface area contributed by atoms with Crippen LogP contribution in [0.5, 0.6) is 0 Å². The Kier molecular flexibility index (Phi) is 111. The van der Waals surface area contributed by atoms with E-state index in [-0.39, 0.29) is 0 Å². The molecule has 0 bridgehead atoms. The zero-order valence-electron chi connectivity index (χ0n) is 23.0. The Balaban J connectivity index is -0.0000000325. The monoisotopic (exact) mass is 379 g/mol. The van der Waals surface area contributed by atoms with Gasteiger partial charge in [0.25, 0.3) is 0 Å². The third-order valence-corrected chi connectivity index (χ3v) is 1.000. The molecule has 0 fully saturated rings. The van der Waals surface area contributed by atoms with Gasteiger partial charge in [0, 0.05) is 0 Å². The Labute approximate surface area is 174 Å². The summed E-state index contributed by atoms with van der Waals surface area (Å²) in [5.74, 6) is 2.50. The number of hydrogen-bond acceptors (Lipinski definition) is 0. The molecule has 0 N–H and O–H groups in total. The van der Waals surface area contributed by atoms with Crippen molar-refractivity contribution >= 4 is 0 Å². The van der Waals surface area contributed by atoms with E-state index in [1.165, 1.54) is 38.5 Å². The molecule has 0 radical (unpaired) electrons. The summed E-state index contributed by atoms with van der Waals surface area (Å²) in [6.45, 7) is 36.7. The van der Waals surface area contributed by atoms with Crippen molar-refractivity contribution in [3.63, 3.8) is 0 Å². The fourth-order valence-corrected chi connectivity index (χ4v) is 0. The average Bonchev–Trinajstić information content (AvgIpc) is 2.47. The molecule has 26 heavy (non-hydrogen) atoms. The first-order valence-corrected chi connectivity index (χ1v) is 11.9. The third-order valence-electron chi connectivity index (χ3n) is 1.000. The van der Waals surface area contributed by atoms with Crippen LogP contribution in [0.25, 0.3) is 0 Å². The molecule has 0 heteroatoms. The lowest BCUT2D eigenvalue weighted by molar-refractivity contribution is 0.736. The van der Waals surface area contributed by atoms with Gasteiger partial charge in [-0.3, -0.25) is 0 Å². The van der Waals surface area contributed by atoms with Gasteiger partial charge in [-0.05, 0) is 17.8 Å². The van der Waals surface area contributed by atoms with Crippen LogP contribution in [0, 0.1) is 17.8 Å². The fraction of sp³-hybridized carbons (Fsp3) is 1.00. The molecule has 0 aromatic carbocycles. The maximum absolute atomic E-state index is 2.18. The van der Waals surface area contributed by atoms with Crippen LogP contribution in [0.1, 0.15) is 156 Å². The topological polar surface area (TPSA) is 0 Å². The molecule has 0 aromatic heterocycles. The number of unbranched alkanes of at least 4 members (excludes halogenated alkanes) is 2. The van der Waals surface area contributed by atoms with Gasteiger partial charge in [-0.25, -0.2) is 0 Å². The van der Waals surface area contributed by atoms with E-state index >= 15 is 0 Å². The second-order valence-corrected chi connectivity index (χ2v) is 8.61. The molecule has 0 unspecified atom stereocenters. The predicted molar refractivity (Wildman–Crippen MR) is 135 cm³/mol. The lowest BCUT2D eigenvalue weighted by atomic mass is 10.3. The van der Waals surface area contributed by atoms with Crippen LogP contribution < -0.4 is 0 Å². The minimum Gasteiger partial charge on any atom is -0.0656 e. The van der Waals surface area contributed by atoms with E-state index in [9.17, 15) is 0 Å². The van der Waals surface area contributed by atoms with E-state index < -0.39 is 0 Å². The van der Waals surface area contributed by atoms with Crippen LogP contribution in [-0.2, 0) is 0 Å². The Bertz CT molecular complexity index is 78.7. The molecule has 0 rings (SSSR count). The van der Waals surface area contributed by atoms with Gasteiger partial charge < -0.3 is 0 Å². The molecular weight excluding hydrogens is 312 g/mol. The Morgan fingerprint density at radius 2 is 0.346 bits per heavy atom. The smallest absolute Gasteiger partial charge is 0.0500 e. The molecule has 0 nitrogen and oxygen atoms in total. The third kappa shape index (κ3) is 3170. The van der Waals surface area contributed by atoms with Crippen molar-refractivity contribution in [3.05, 3.63) is 0 Å². The highest BCUT2D eigenvalue weighted by molar-refractivity contribution is 4.21. The molecule has 0 aliphatic carbocycles. The van der Waals surface area contributed by atoms with Gasteiger partial charge in [0.15, 0.2) is 0 Å². The zero-order chi connectivity index (χ0) is 23.0. The normalized spacial score (nSPS) is 7.85. The Morgan fingerprint density at radius 3 is 0.346 bits per heavy atom. The zero-order valence-corrected chi connectivity index (χ0v) is 23.0. The summed E-state index contributed by atoms with van der Waals surface area (Å²) in [5.41, 5.74) is 0. The molecule has 0 aromatic rings. The summed E-state index contributed by atoms with van der Waals surface area (Å²) in [4.78, 5) is 0. The molecule has 170 valence electrons. The summed E-state index contributed by atoms with van der Waals surface area (Å²) in [7, 11) is 0. The van der Waals surface area contributed by atoms with Crippen LogP contribution in [0.15, 0.2) is 0 Å². The van der Waals surface area contributed by atoms with Crippen LogP contribution in [0.4, 0.5) is 0 Å². The van der Waals surface area contributed by atoms with Crippen molar-refractivity contribution in [3.8, 4) is 0 Å². The average molecular weight is 379 g/mol. The van der Waals surface area contributed by atoms with Gasteiger partial charge in [-0.1, -0.05) is 156 Å². The van der Waals surface area contributed by atoms with Crippen LogP contribution >= 0.6 is 0 Å². The molecule has 0 aliphatic rings. The SMILES string of the molecule is CC(C)C.CC(C)C.CC(C)C.CCC.CCC.CCCC.CCCC. The summed E-state index contributed by atoms with van der Waals surface area (Å²) in [6.07, 6.45) is 7.78. The fourth-order valence-electron chi connectivity index (χ4n) is 0. The first-order chi connectivity index (χ1) is 11.9. The van der Waals surface area contributed by atoms with Crippen molar-refractivity contribution in [2.75, 3.05) is 0 Å². The van der Waals surface area contributed by atoms with Crippen molar-refractivity contribution in [1.82, 2.24) is 0 Å². The number of rotatable bonds is 2. The molecule has 0 atom stereocenters. The molecule has 0 saturated heterocycles. The second kappa shape index (κ2) is 64.0. The predicted octanol–water partition coefficient (Wildman–Crippen LogP) is 11.4. The highest BCUT2D eigenvalue weighted by Crippen LogP contribution is 1.82. The van der Waals surface area contributed by atoms with Crippen LogP contribution in [0.3, 0.4) is 0 Å². The highest BCUT2D eigenvalue weighted by Gasteiger charge is 1.68. The van der Waals surface area contributed by atoms with E-state index in [0.717, 1.165) is 17.8 Å². The second-order valence-electron chi connectivity index (χ2n) is 8.61. The molecule has 0 saturated carbocycles. The van der Waals surface area contributed by atoms with E-state index in [4.69, 9.17) is 0 Å². The lowest BCUT2D eigenvalue weighted by Gasteiger charge is -1.79. The largest absolute Gasteiger partial charge is 0.0656 e. The van der Waals surface area contributed by atoms with E-state index in [0.29, 0.717) is 0 Å². The molecular formula is C26H66. The lowest BCUT2D eigenvalue weighted by Crippen LogP contribution is -1.66. The van der Waals surface area contributed by atoms with Crippen molar-refractivity contribution < 1.29 is 0 Å². The van der Waals surface area contributed by atoms with E-state index in [2.05, 4.69) is 118 Å². The maximum atomic E-state index is 2.18. The van der Waals surface area contributed by atoms with Crippen LogP contribution in [-0.4, -0.2) is 0 Å². The van der Waals surface area contributed by atoms with Crippen LogP contribution in [0.2, 0.25) is 0 Å². The molecule has 0 aliphatic heterocycles. The standard InChI is InChI=1S/5C4H10.2C3H8/c3*1-4(2)3;2*1-3-4-2;2*1-3-2/h3*4H,1-3H3;2*3-4H2,1-2H3;2*3H2,1-2H3. The molecule has 0 heterocycles. The van der Waals surface area contributed by atoms with Gasteiger partial charge in [0.2, 0.25) is 0 Å². The van der Waals surface area contributed by atoms with E-state index in [1.54, 1.807) is 0 Å². The van der Waals surface area contributed by atoms with E-state index in [1.807, 2.05) is 0 Å². The summed E-state index contributed by atoms with van der Waals surface area (Å²) in [5, 5.41) is 0. The quantitative estimate of drug-likeness (QED) is 0.448. The molecule has 0 amide bonds. The van der Waals surface area contributed by atoms with Crippen molar-refractivity contribution in [2.24, 2.45) is 17.8 Å². The van der Waals surface area contributed by atoms with Gasteiger partial charge in [0.1, 0.15) is 0 Å². The summed E-state index contributed by atoms with van der Waals surface area (Å²) >= 11 is 0. The van der Waals surface area contributed by atoms with Gasteiger partial charge in [-0.2, -0.15) is 0 Å². The minimum absolute atomic E-state index is 0.833. The van der Waals surface area contributed by atoms with Crippen molar-refractivity contribution in [1.29, 1.82) is 0 Å². The van der Waals surface area contributed by atoms with Gasteiger partial charge >= 0.3 is 0 Å². The Morgan fingerprint density at radius 1 is 0.308 bits per heavy atom. The van der Waals surface area contributed by atoms with Gasteiger partial charge in [-0.15, -0.1) is 0 Å². The minimum atomic E-state index is 0.833. The molecule has 0 spiro atoms. The highest BCUT2D eigenvalue weighted by atomic mass is 13.8. The first kappa shape index (κ1) is 45.0. The van der Waals surface area contributed by atoms with Crippen molar-refractivity contribution in [2.45, 2.75) is 156 Å². The van der Waals surface area contributed by atoms with Gasteiger partial charge in [0.05, 0.1) is 0 Å². The summed E-state index contributed by atoms with van der Waals surface area (Å²) in [6, 6.07) is 0.